The summed E-state index contributed by atoms with van der Waals surface area (Å²) < 4.78 is 30.2. The van der Waals surface area contributed by atoms with E-state index < -0.39 is 17.0 Å². The Morgan fingerprint density at radius 1 is 1.30 bits per heavy atom. The third-order valence-electron chi connectivity index (χ3n) is 4.78. The minimum absolute atomic E-state index is 0.162. The molecule has 0 radical (unpaired) electrons. The number of carbonyl (C=O) groups is 2. The minimum atomic E-state index is -3.83. The largest absolute Gasteiger partial charge is 0.487 e. The summed E-state index contributed by atoms with van der Waals surface area (Å²) in [6, 6.07) is 8.36. The number of amides is 2. The van der Waals surface area contributed by atoms with E-state index in [0.29, 0.717) is 15.7 Å². The first-order chi connectivity index (χ1) is 13.9. The number of nitrogens with zero attached hydrogens (tertiary/aromatic N) is 1. The van der Waals surface area contributed by atoms with Crippen LogP contribution in [0.2, 0.25) is 0 Å². The van der Waals surface area contributed by atoms with E-state index in [1.54, 1.807) is 11.0 Å². The van der Waals surface area contributed by atoms with E-state index >= 15 is 0 Å². The fourth-order valence-corrected chi connectivity index (χ4v) is 4.52. The molecule has 0 spiro atoms. The minimum Gasteiger partial charge on any atom is -0.420 e. The molecule has 1 heterocycles. The van der Waals surface area contributed by atoms with Crippen molar-refractivity contribution in [3.63, 3.8) is 0 Å². The highest BCUT2D eigenvalue weighted by Gasteiger charge is 2.44. The summed E-state index contributed by atoms with van der Waals surface area (Å²) in [5, 5.41) is 11.9. The van der Waals surface area contributed by atoms with Crippen LogP contribution >= 0.6 is 27.5 Å². The number of hydrogen-bond donors (Lipinski definition) is 2. The molecule has 10 heteroatoms. The molecule has 1 aliphatic heterocycles. The summed E-state index contributed by atoms with van der Waals surface area (Å²) in [6.07, 6.45) is 0. The van der Waals surface area contributed by atoms with Crippen LogP contribution in [0.4, 0.5) is 14.5 Å². The molecule has 0 bridgehead atoms. The zero-order valence-corrected chi connectivity index (χ0v) is 18.4. The van der Waals surface area contributed by atoms with Crippen molar-refractivity contribution in [1.29, 1.82) is 0 Å². The van der Waals surface area contributed by atoms with Gasteiger partial charge < -0.3 is 20.1 Å². The highest BCUT2D eigenvalue weighted by atomic mass is 79.9. The molecule has 1 aliphatic rings. The van der Waals surface area contributed by atoms with Crippen molar-refractivity contribution in [2.75, 3.05) is 18.5 Å². The number of halogens is 4. The van der Waals surface area contributed by atoms with Gasteiger partial charge >= 0.3 is 5.57 Å². The van der Waals surface area contributed by atoms with Crippen molar-refractivity contribution in [2.24, 2.45) is 0 Å². The lowest BCUT2D eigenvalue weighted by Gasteiger charge is -2.32. The number of hydrogen-bond acceptors (Lipinski definition) is 4. The van der Waals surface area contributed by atoms with Gasteiger partial charge in [0, 0.05) is 45.0 Å². The fraction of sp³-hybridized carbons (Fsp3) is 0.300. The number of fused-ring (bicyclic) bond motifs is 1. The molecule has 2 N–H and O–H groups in total. The van der Waals surface area contributed by atoms with Crippen LogP contribution < -0.4 is 10.1 Å². The average Bonchev–Trinajstić information content (AvgIpc) is 2.83. The number of anilines is 1. The van der Waals surface area contributed by atoms with Gasteiger partial charge in [0.05, 0.1) is 12.1 Å². The van der Waals surface area contributed by atoms with Crippen LogP contribution in [-0.2, 0) is 5.54 Å². The molecule has 30 heavy (non-hydrogen) atoms. The van der Waals surface area contributed by atoms with Crippen molar-refractivity contribution >= 4 is 45.0 Å². The molecule has 6 nitrogen and oxygen atoms in total. The standard InChI is InChI=1S/C20H18BrClF2N2O4/c1-19(2)16-14(18(29)26(19)7-8-27)9-11(10-15(16)21)17(28)25-12-3-5-13(6-4-12)30-20(22,23)24/h3-6,9-10,27H,7-8H2,1-2H3,(H,25,28). The van der Waals surface area contributed by atoms with E-state index in [1.807, 2.05) is 13.8 Å². The molecule has 0 aliphatic carbocycles. The maximum Gasteiger partial charge on any atom is 0.487 e. The van der Waals surface area contributed by atoms with Crippen molar-refractivity contribution in [3.05, 3.63) is 57.6 Å². The van der Waals surface area contributed by atoms with Crippen molar-refractivity contribution in [3.8, 4) is 5.75 Å². The van der Waals surface area contributed by atoms with Crippen LogP contribution in [0, 0.1) is 0 Å². The average molecular weight is 504 g/mol. The Kier molecular flexibility index (Phi) is 6.08. The first-order valence-electron chi connectivity index (χ1n) is 8.88. The zero-order valence-electron chi connectivity index (χ0n) is 16.0. The Balaban J connectivity index is 1.84. The van der Waals surface area contributed by atoms with Crippen molar-refractivity contribution in [2.45, 2.75) is 25.0 Å². The summed E-state index contributed by atoms with van der Waals surface area (Å²) in [5.74, 6) is -0.922. The number of nitrogens with one attached hydrogen (secondary N) is 1. The van der Waals surface area contributed by atoms with Gasteiger partial charge in [-0.15, -0.1) is 8.78 Å². The number of aliphatic hydroxyl groups excluding tert-OH is 1. The molecule has 2 amide bonds. The molecule has 160 valence electrons. The molecule has 0 atom stereocenters. The van der Waals surface area contributed by atoms with Gasteiger partial charge in [0.1, 0.15) is 5.75 Å². The number of ether oxygens (including phenoxy) is 1. The Hall–Kier alpha value is -2.23. The predicted octanol–water partition coefficient (Wildman–Crippen LogP) is 4.55. The molecule has 2 aromatic carbocycles. The molecule has 3 rings (SSSR count). The third-order valence-corrected chi connectivity index (χ3v) is 5.49. The van der Waals surface area contributed by atoms with Crippen LogP contribution in [0.25, 0.3) is 0 Å². The maximum absolute atomic E-state index is 12.8. The van der Waals surface area contributed by atoms with E-state index in [4.69, 9.17) is 11.6 Å². The molecule has 0 unspecified atom stereocenters. The number of benzene rings is 2. The van der Waals surface area contributed by atoms with Gasteiger partial charge in [0.15, 0.2) is 0 Å². The fourth-order valence-electron chi connectivity index (χ4n) is 3.49. The Labute approximate surface area is 184 Å². The topological polar surface area (TPSA) is 78.9 Å². The van der Waals surface area contributed by atoms with Crippen LogP contribution in [-0.4, -0.2) is 40.5 Å². The third kappa shape index (κ3) is 4.43. The number of β-amino-alcohol motifs (C(OH)–C–C–N with tert-alkyl or cyclic N) is 1. The van der Waals surface area contributed by atoms with Crippen LogP contribution in [0.5, 0.6) is 5.75 Å². The lowest BCUT2D eigenvalue weighted by atomic mass is 9.92. The van der Waals surface area contributed by atoms with E-state index in [-0.39, 0.29) is 30.4 Å². The van der Waals surface area contributed by atoms with Crippen LogP contribution in [0.3, 0.4) is 0 Å². The second-order valence-electron chi connectivity index (χ2n) is 7.15. The smallest absolute Gasteiger partial charge is 0.420 e. The summed E-state index contributed by atoms with van der Waals surface area (Å²) >= 11 is 8.17. The Morgan fingerprint density at radius 2 is 1.93 bits per heavy atom. The van der Waals surface area contributed by atoms with Gasteiger partial charge in [-0.25, -0.2) is 0 Å². The van der Waals surface area contributed by atoms with Gasteiger partial charge in [-0.1, -0.05) is 15.9 Å². The number of alkyl halides is 3. The van der Waals surface area contributed by atoms with E-state index in [0.717, 1.165) is 5.56 Å². The number of aliphatic hydroxyl groups is 1. The molecule has 0 aromatic heterocycles. The highest BCUT2D eigenvalue weighted by molar-refractivity contribution is 9.10. The number of rotatable bonds is 6. The van der Waals surface area contributed by atoms with Gasteiger partial charge in [0.25, 0.3) is 11.8 Å². The van der Waals surface area contributed by atoms with E-state index in [9.17, 15) is 23.5 Å². The first-order valence-corrected chi connectivity index (χ1v) is 10.0. The number of carbonyl (C=O) groups excluding carboxylic acids is 2. The lowest BCUT2D eigenvalue weighted by molar-refractivity contribution is -0.0964. The Morgan fingerprint density at radius 3 is 2.50 bits per heavy atom. The SMILES string of the molecule is CC1(C)c2c(Br)cc(C(=O)Nc3ccc(OC(F)(F)Cl)cc3)cc2C(=O)N1CCO. The molecular formula is C20H18BrClF2N2O4. The monoisotopic (exact) mass is 502 g/mol. The van der Waals surface area contributed by atoms with Crippen molar-refractivity contribution in [1.82, 2.24) is 4.90 Å². The predicted molar refractivity (Wildman–Crippen MR) is 111 cm³/mol. The summed E-state index contributed by atoms with van der Waals surface area (Å²) in [6.45, 7) is 3.73. The van der Waals surface area contributed by atoms with Gasteiger partial charge in [0.2, 0.25) is 0 Å². The zero-order chi connectivity index (χ0) is 22.3. The molecule has 0 fully saturated rings. The second-order valence-corrected chi connectivity index (χ2v) is 8.44. The Bertz CT molecular complexity index is 994. The van der Waals surface area contributed by atoms with Crippen LogP contribution in [0.15, 0.2) is 40.9 Å². The summed E-state index contributed by atoms with van der Waals surface area (Å²) in [5.41, 5.74) is -2.78. The molecular weight excluding hydrogens is 486 g/mol. The molecule has 2 aromatic rings. The van der Waals surface area contributed by atoms with E-state index in [2.05, 4.69) is 26.0 Å². The summed E-state index contributed by atoms with van der Waals surface area (Å²) in [7, 11) is 0. The highest BCUT2D eigenvalue weighted by Crippen LogP contribution is 2.43. The maximum atomic E-state index is 12.8. The quantitative estimate of drug-likeness (QED) is 0.567. The van der Waals surface area contributed by atoms with Crippen LogP contribution in [0.1, 0.15) is 40.1 Å². The first kappa shape index (κ1) is 22.5. The van der Waals surface area contributed by atoms with Crippen molar-refractivity contribution < 1.29 is 28.2 Å². The normalized spacial score (nSPS) is 15.2. The van der Waals surface area contributed by atoms with Gasteiger partial charge in [-0.2, -0.15) is 0 Å². The second kappa shape index (κ2) is 8.13. The van der Waals surface area contributed by atoms with Gasteiger partial charge in [-0.05, 0) is 50.2 Å². The molecule has 0 saturated heterocycles. The van der Waals surface area contributed by atoms with Gasteiger partial charge in [-0.3, -0.25) is 9.59 Å². The summed E-state index contributed by atoms with van der Waals surface area (Å²) in [4.78, 5) is 27.1. The van der Waals surface area contributed by atoms with E-state index in [1.165, 1.54) is 30.3 Å². The molecule has 0 saturated carbocycles. The lowest BCUT2D eigenvalue weighted by Crippen LogP contribution is -2.41.